The number of aryl methyl sites for hydroxylation is 2. The second-order valence-electron chi connectivity index (χ2n) is 6.60. The van der Waals surface area contributed by atoms with Crippen molar-refractivity contribution in [2.75, 3.05) is 36.0 Å². The zero-order chi connectivity index (χ0) is 19.2. The van der Waals surface area contributed by atoms with Crippen molar-refractivity contribution in [3.63, 3.8) is 0 Å². The van der Waals surface area contributed by atoms with E-state index in [0.717, 1.165) is 41.4 Å². The summed E-state index contributed by atoms with van der Waals surface area (Å²) in [5, 5.41) is 1.11. The first-order valence-electron chi connectivity index (χ1n) is 8.64. The lowest BCUT2D eigenvalue weighted by Gasteiger charge is -2.32. The fourth-order valence-electron chi connectivity index (χ4n) is 3.35. The Bertz CT molecular complexity index is 960. The number of nitrogens with one attached hydrogen (secondary N) is 1. The minimum absolute atomic E-state index is 0.670. The minimum atomic E-state index is -4.33. The number of halogens is 3. The van der Waals surface area contributed by atoms with E-state index in [2.05, 4.69) is 38.6 Å². The third-order valence-corrected chi connectivity index (χ3v) is 6.10. The Morgan fingerprint density at radius 3 is 2.37 bits per heavy atom. The maximum atomic E-state index is 12.7. The molecule has 0 amide bonds. The second kappa shape index (κ2) is 6.63. The summed E-state index contributed by atoms with van der Waals surface area (Å²) in [6.45, 7) is 7.08. The highest BCUT2D eigenvalue weighted by Crippen LogP contribution is 2.34. The van der Waals surface area contributed by atoms with Crippen LogP contribution in [0, 0.1) is 13.8 Å². The fraction of sp³-hybridized carbons (Fsp3) is 0.389. The molecule has 0 atom stereocenters. The summed E-state index contributed by atoms with van der Waals surface area (Å²) in [5.74, 6) is 1.64. The van der Waals surface area contributed by atoms with Crippen LogP contribution in [0.1, 0.15) is 16.0 Å². The highest BCUT2D eigenvalue weighted by Gasteiger charge is 2.33. The van der Waals surface area contributed by atoms with Crippen LogP contribution in [0.25, 0.3) is 10.2 Å². The van der Waals surface area contributed by atoms with Gasteiger partial charge in [0.25, 0.3) is 5.82 Å². The van der Waals surface area contributed by atoms with Crippen molar-refractivity contribution < 1.29 is 18.2 Å². The summed E-state index contributed by atoms with van der Waals surface area (Å²) in [5.41, 5.74) is 0.542. The van der Waals surface area contributed by atoms with Crippen LogP contribution in [0.2, 0.25) is 0 Å². The molecule has 1 saturated heterocycles. The van der Waals surface area contributed by atoms with E-state index in [4.69, 9.17) is 0 Å². The summed E-state index contributed by atoms with van der Waals surface area (Å²) in [6.07, 6.45) is -1.71. The zero-order valence-electron chi connectivity index (χ0n) is 15.0. The van der Waals surface area contributed by atoms with Gasteiger partial charge >= 0.3 is 6.18 Å². The summed E-state index contributed by atoms with van der Waals surface area (Å²) in [6, 6.07) is 2.61. The highest BCUT2D eigenvalue weighted by molar-refractivity contribution is 7.18. The first-order chi connectivity index (χ1) is 12.8. The lowest BCUT2D eigenvalue weighted by Crippen LogP contribution is -2.48. The van der Waals surface area contributed by atoms with Gasteiger partial charge in [0.2, 0.25) is 0 Å². The highest BCUT2D eigenvalue weighted by atomic mass is 32.1. The van der Waals surface area contributed by atoms with Crippen LogP contribution >= 0.6 is 11.3 Å². The van der Waals surface area contributed by atoms with Gasteiger partial charge in [0.1, 0.15) is 36.3 Å². The van der Waals surface area contributed by atoms with Crippen molar-refractivity contribution in [2.45, 2.75) is 20.0 Å². The Labute approximate surface area is 158 Å². The maximum absolute atomic E-state index is 12.7. The van der Waals surface area contributed by atoms with E-state index >= 15 is 0 Å². The lowest BCUT2D eigenvalue weighted by atomic mass is 10.2. The van der Waals surface area contributed by atoms with Crippen LogP contribution in [-0.4, -0.2) is 36.1 Å². The molecular weight excluding hydrogens is 375 g/mol. The monoisotopic (exact) mass is 394 g/mol. The molecule has 1 aliphatic heterocycles. The van der Waals surface area contributed by atoms with Crippen molar-refractivity contribution in [3.8, 4) is 0 Å². The van der Waals surface area contributed by atoms with Gasteiger partial charge in [-0.25, -0.2) is 15.0 Å². The zero-order valence-corrected chi connectivity index (χ0v) is 15.8. The molecule has 0 unspecified atom stereocenters. The Kier molecular flexibility index (Phi) is 4.41. The molecule has 1 N–H and O–H groups in total. The Morgan fingerprint density at radius 2 is 1.74 bits per heavy atom. The molecule has 0 bridgehead atoms. The quantitative estimate of drug-likeness (QED) is 0.668. The van der Waals surface area contributed by atoms with Gasteiger partial charge in [0.05, 0.1) is 24.0 Å². The largest absolute Gasteiger partial charge is 0.419 e. The number of aromatic amines is 1. The van der Waals surface area contributed by atoms with Crippen molar-refractivity contribution in [1.82, 2.24) is 9.97 Å². The number of pyridine rings is 1. The van der Waals surface area contributed by atoms with Crippen molar-refractivity contribution >= 4 is 33.2 Å². The van der Waals surface area contributed by atoms with Gasteiger partial charge in [-0.15, -0.1) is 11.3 Å². The van der Waals surface area contributed by atoms with Crippen LogP contribution in [0.15, 0.2) is 24.7 Å². The van der Waals surface area contributed by atoms with Gasteiger partial charge < -0.3 is 4.90 Å². The van der Waals surface area contributed by atoms with E-state index in [1.54, 1.807) is 17.7 Å². The second-order valence-corrected chi connectivity index (χ2v) is 7.80. The Morgan fingerprint density at radius 1 is 1.04 bits per heavy atom. The number of anilines is 2. The third-order valence-electron chi connectivity index (χ3n) is 4.99. The number of thiophene rings is 1. The van der Waals surface area contributed by atoms with Gasteiger partial charge in [-0.05, 0) is 25.5 Å². The first kappa shape index (κ1) is 18.0. The molecule has 0 saturated carbocycles. The Hall–Kier alpha value is -2.42. The third kappa shape index (κ3) is 3.31. The number of fused-ring (bicyclic) bond motifs is 1. The van der Waals surface area contributed by atoms with Crippen molar-refractivity contribution in [1.29, 1.82) is 0 Å². The number of alkyl halides is 3. The summed E-state index contributed by atoms with van der Waals surface area (Å²) in [7, 11) is 0. The first-order valence-corrected chi connectivity index (χ1v) is 9.46. The summed E-state index contributed by atoms with van der Waals surface area (Å²) < 4.78 is 38.1. The summed E-state index contributed by atoms with van der Waals surface area (Å²) >= 11 is 1.67. The number of aromatic nitrogens is 3. The van der Waals surface area contributed by atoms with E-state index in [0.29, 0.717) is 18.9 Å². The van der Waals surface area contributed by atoms with Gasteiger partial charge in [0.15, 0.2) is 0 Å². The molecular formula is C18H19F3N5S+. The van der Waals surface area contributed by atoms with E-state index in [9.17, 15) is 13.2 Å². The maximum Gasteiger partial charge on any atom is 0.419 e. The van der Waals surface area contributed by atoms with E-state index in [1.807, 2.05) is 0 Å². The van der Waals surface area contributed by atoms with Crippen LogP contribution in [0.4, 0.5) is 24.8 Å². The van der Waals surface area contributed by atoms with Crippen LogP contribution in [-0.2, 0) is 6.18 Å². The fourth-order valence-corrected chi connectivity index (χ4v) is 4.34. The molecule has 0 radical (unpaired) electrons. The van der Waals surface area contributed by atoms with Gasteiger partial charge in [0, 0.05) is 10.9 Å². The molecule has 3 aromatic heterocycles. The molecule has 3 aromatic rings. The van der Waals surface area contributed by atoms with Crippen LogP contribution in [0.5, 0.6) is 0 Å². The molecule has 0 aliphatic carbocycles. The molecule has 142 valence electrons. The van der Waals surface area contributed by atoms with Crippen molar-refractivity contribution in [3.05, 3.63) is 40.7 Å². The number of hydrogen-bond donors (Lipinski definition) is 0. The van der Waals surface area contributed by atoms with Gasteiger partial charge in [-0.1, -0.05) is 0 Å². The van der Waals surface area contributed by atoms with Gasteiger partial charge in [-0.2, -0.15) is 13.2 Å². The normalized spacial score (nSPS) is 15.6. The number of rotatable bonds is 2. The Balaban J connectivity index is 1.51. The minimum Gasteiger partial charge on any atom is -0.348 e. The van der Waals surface area contributed by atoms with E-state index < -0.39 is 11.7 Å². The molecule has 1 aliphatic rings. The summed E-state index contributed by atoms with van der Waals surface area (Å²) in [4.78, 5) is 18.2. The average Bonchev–Trinajstić information content (AvgIpc) is 2.95. The molecule has 4 rings (SSSR count). The molecule has 27 heavy (non-hydrogen) atoms. The number of H-pyrrole nitrogens is 1. The van der Waals surface area contributed by atoms with E-state index in [-0.39, 0.29) is 0 Å². The predicted octanol–water partition coefficient (Wildman–Crippen LogP) is 3.47. The number of nitrogens with zero attached hydrogens (tertiary/aromatic N) is 4. The predicted molar refractivity (Wildman–Crippen MR) is 99.3 cm³/mol. The standard InChI is InChI=1S/C18H18F3N5S/c1-11-12(2)27-17-15(11)16(23-10-24-17)26-7-5-25(6-8-26)14-4-3-13(9-22-14)18(19,20)21/h3-4,9-10H,5-8H2,1-2H3/p+1. The topological polar surface area (TPSA) is 46.4 Å². The lowest BCUT2D eigenvalue weighted by molar-refractivity contribution is -0.367. The smallest absolute Gasteiger partial charge is 0.348 e. The molecule has 5 nitrogen and oxygen atoms in total. The van der Waals surface area contributed by atoms with Crippen molar-refractivity contribution in [2.24, 2.45) is 0 Å². The van der Waals surface area contributed by atoms with Crippen LogP contribution < -0.4 is 14.8 Å². The SMILES string of the molecule is Cc1sc2ncnc(N3CCN(c4ccc(C(F)(F)F)c[nH+]4)CC3)c2c1C. The molecule has 0 spiro atoms. The molecule has 9 heteroatoms. The van der Waals surface area contributed by atoms with Gasteiger partial charge in [-0.3, -0.25) is 4.90 Å². The molecule has 0 aromatic carbocycles. The van der Waals surface area contributed by atoms with Crippen LogP contribution in [0.3, 0.4) is 0 Å². The number of piperazine rings is 1. The average molecular weight is 394 g/mol. The molecule has 4 heterocycles. The number of hydrogen-bond acceptors (Lipinski definition) is 5. The molecule has 1 fully saturated rings. The van der Waals surface area contributed by atoms with E-state index in [1.165, 1.54) is 16.5 Å².